The molecule has 3 rings (SSSR count). The van der Waals surface area contributed by atoms with Crippen molar-refractivity contribution in [3.8, 4) is 6.07 Å². The highest BCUT2D eigenvalue weighted by molar-refractivity contribution is 5.99. The number of nitrogens with zero attached hydrogens (tertiary/aromatic N) is 2. The third-order valence-electron chi connectivity index (χ3n) is 5.20. The van der Waals surface area contributed by atoms with E-state index in [1.165, 1.54) is 0 Å². The van der Waals surface area contributed by atoms with Gasteiger partial charge in [-0.05, 0) is 44.7 Å². The lowest BCUT2D eigenvalue weighted by molar-refractivity contribution is -0.152. The van der Waals surface area contributed by atoms with Crippen LogP contribution in [0.2, 0.25) is 0 Å². The summed E-state index contributed by atoms with van der Waals surface area (Å²) < 4.78 is 5.10. The molecule has 0 aromatic heterocycles. The molecule has 1 aromatic carbocycles. The summed E-state index contributed by atoms with van der Waals surface area (Å²) in [4.78, 5) is 38.1. The van der Waals surface area contributed by atoms with Crippen LogP contribution in [0.15, 0.2) is 24.3 Å². The molecule has 1 atom stereocenters. The molecule has 2 fully saturated rings. The van der Waals surface area contributed by atoms with Crippen LogP contribution in [0.4, 0.5) is 5.69 Å². The number of amides is 2. The van der Waals surface area contributed by atoms with E-state index in [4.69, 9.17) is 4.74 Å². The van der Waals surface area contributed by atoms with Gasteiger partial charge in [-0.2, -0.15) is 5.26 Å². The first-order valence-electron chi connectivity index (χ1n) is 9.18. The van der Waals surface area contributed by atoms with Crippen molar-refractivity contribution in [1.29, 1.82) is 5.26 Å². The van der Waals surface area contributed by atoms with Gasteiger partial charge < -0.3 is 15.0 Å². The molecule has 1 saturated carbocycles. The number of hydrogen-bond donors (Lipinski definition) is 1. The number of esters is 1. The number of hydrogen-bond acceptors (Lipinski definition) is 5. The lowest BCUT2D eigenvalue weighted by Gasteiger charge is -2.22. The van der Waals surface area contributed by atoms with Gasteiger partial charge in [-0.15, -0.1) is 0 Å². The maximum absolute atomic E-state index is 12.3. The fourth-order valence-electron chi connectivity index (χ4n) is 3.64. The normalized spacial score (nSPS) is 21.0. The molecule has 1 aliphatic heterocycles. The minimum absolute atomic E-state index is 0.0659. The zero-order valence-electron chi connectivity index (χ0n) is 15.4. The highest BCUT2D eigenvalue weighted by Crippen LogP contribution is 2.29. The number of rotatable bonds is 5. The molecule has 2 aliphatic rings. The summed E-state index contributed by atoms with van der Waals surface area (Å²) in [6.45, 7) is 1.77. The van der Waals surface area contributed by atoms with Crippen molar-refractivity contribution in [2.45, 2.75) is 44.6 Å². The Balaban J connectivity index is 1.51. The second-order valence-electron chi connectivity index (χ2n) is 7.30. The van der Waals surface area contributed by atoms with Crippen LogP contribution < -0.4 is 10.2 Å². The van der Waals surface area contributed by atoms with E-state index in [1.54, 1.807) is 4.90 Å². The minimum Gasteiger partial charge on any atom is -0.455 e. The lowest BCUT2D eigenvalue weighted by atomic mass is 10.00. The van der Waals surface area contributed by atoms with Crippen LogP contribution >= 0.6 is 0 Å². The summed E-state index contributed by atoms with van der Waals surface area (Å²) in [5, 5.41) is 12.0. The van der Waals surface area contributed by atoms with Gasteiger partial charge in [0.25, 0.3) is 5.91 Å². The molecule has 1 aliphatic carbocycles. The van der Waals surface area contributed by atoms with Crippen molar-refractivity contribution in [2.24, 2.45) is 5.92 Å². The summed E-state index contributed by atoms with van der Waals surface area (Å²) in [7, 11) is 0. The molecular formula is C20H23N3O4. The number of nitrogens with one attached hydrogen (secondary N) is 1. The number of carbonyl (C=O) groups is 3. The van der Waals surface area contributed by atoms with E-state index >= 15 is 0 Å². The van der Waals surface area contributed by atoms with Gasteiger partial charge in [-0.3, -0.25) is 14.4 Å². The van der Waals surface area contributed by atoms with E-state index in [9.17, 15) is 19.6 Å². The second kappa shape index (κ2) is 7.78. The molecule has 0 unspecified atom stereocenters. The minimum atomic E-state index is -0.838. The molecule has 1 heterocycles. The van der Waals surface area contributed by atoms with Crippen LogP contribution in [0, 0.1) is 24.2 Å². The smallest absolute Gasteiger partial charge is 0.311 e. The summed E-state index contributed by atoms with van der Waals surface area (Å²) in [5.74, 6) is -1.78. The summed E-state index contributed by atoms with van der Waals surface area (Å²) in [5.41, 5.74) is 0.996. The van der Waals surface area contributed by atoms with Gasteiger partial charge in [-0.25, -0.2) is 0 Å². The van der Waals surface area contributed by atoms with Crippen molar-refractivity contribution in [1.82, 2.24) is 5.32 Å². The van der Waals surface area contributed by atoms with E-state index in [2.05, 4.69) is 11.4 Å². The maximum Gasteiger partial charge on any atom is 0.311 e. The molecule has 1 N–H and O–H groups in total. The predicted molar refractivity (Wildman–Crippen MR) is 97.6 cm³/mol. The number of nitriles is 1. The Morgan fingerprint density at radius 3 is 2.59 bits per heavy atom. The molecular weight excluding hydrogens is 346 g/mol. The summed E-state index contributed by atoms with van der Waals surface area (Å²) >= 11 is 0. The van der Waals surface area contributed by atoms with Gasteiger partial charge in [0.1, 0.15) is 5.54 Å². The first-order chi connectivity index (χ1) is 12.9. The van der Waals surface area contributed by atoms with Crippen LogP contribution in [0.5, 0.6) is 0 Å². The average molecular weight is 369 g/mol. The van der Waals surface area contributed by atoms with E-state index in [0.29, 0.717) is 12.8 Å². The fourth-order valence-corrected chi connectivity index (χ4v) is 3.64. The molecule has 7 heteroatoms. The van der Waals surface area contributed by atoms with E-state index in [0.717, 1.165) is 24.1 Å². The van der Waals surface area contributed by atoms with Crippen molar-refractivity contribution >= 4 is 23.5 Å². The standard InChI is InChI=1S/C20H23N3O4/c1-14-4-6-16(7-5-14)23-11-15(10-18(23)25)19(26)27-12-17(24)22-20(13-21)8-2-3-9-20/h4-7,15H,2-3,8-12H2,1H3,(H,22,24)/t15-/m0/s1. The van der Waals surface area contributed by atoms with Crippen molar-refractivity contribution < 1.29 is 19.1 Å². The summed E-state index contributed by atoms with van der Waals surface area (Å²) in [6, 6.07) is 9.67. The zero-order valence-corrected chi connectivity index (χ0v) is 15.4. The molecule has 1 aromatic rings. The van der Waals surface area contributed by atoms with E-state index < -0.39 is 29.9 Å². The van der Waals surface area contributed by atoms with Gasteiger partial charge in [0, 0.05) is 18.7 Å². The second-order valence-corrected chi connectivity index (χ2v) is 7.30. The first-order valence-corrected chi connectivity index (χ1v) is 9.18. The van der Waals surface area contributed by atoms with Crippen molar-refractivity contribution in [2.75, 3.05) is 18.1 Å². The molecule has 1 saturated heterocycles. The quantitative estimate of drug-likeness (QED) is 0.799. The Morgan fingerprint density at radius 1 is 1.30 bits per heavy atom. The van der Waals surface area contributed by atoms with Gasteiger partial charge in [0.05, 0.1) is 12.0 Å². The van der Waals surface area contributed by atoms with E-state index in [-0.39, 0.29) is 18.9 Å². The summed E-state index contributed by atoms with van der Waals surface area (Å²) in [6.07, 6.45) is 3.09. The van der Waals surface area contributed by atoms with Crippen LogP contribution in [0.25, 0.3) is 0 Å². The number of ether oxygens (including phenoxy) is 1. The Bertz CT molecular complexity index is 775. The fraction of sp³-hybridized carbons (Fsp3) is 0.500. The molecule has 2 amide bonds. The third kappa shape index (κ3) is 4.27. The highest BCUT2D eigenvalue weighted by atomic mass is 16.5. The predicted octanol–water partition coefficient (Wildman–Crippen LogP) is 1.84. The van der Waals surface area contributed by atoms with Crippen LogP contribution in [0.1, 0.15) is 37.7 Å². The zero-order chi connectivity index (χ0) is 19.4. The number of carbonyl (C=O) groups excluding carboxylic acids is 3. The van der Waals surface area contributed by atoms with Crippen molar-refractivity contribution in [3.05, 3.63) is 29.8 Å². The average Bonchev–Trinajstić information content (AvgIpc) is 3.28. The molecule has 0 bridgehead atoms. The van der Waals surface area contributed by atoms with Crippen LogP contribution in [-0.4, -0.2) is 36.5 Å². The van der Waals surface area contributed by atoms with Gasteiger partial charge in [-0.1, -0.05) is 17.7 Å². The van der Waals surface area contributed by atoms with Gasteiger partial charge >= 0.3 is 5.97 Å². The lowest BCUT2D eigenvalue weighted by Crippen LogP contribution is -2.47. The largest absolute Gasteiger partial charge is 0.455 e. The Hall–Kier alpha value is -2.88. The van der Waals surface area contributed by atoms with Gasteiger partial charge in [0.15, 0.2) is 6.61 Å². The van der Waals surface area contributed by atoms with Crippen molar-refractivity contribution in [3.63, 3.8) is 0 Å². The molecule has 7 nitrogen and oxygen atoms in total. The Morgan fingerprint density at radius 2 is 1.96 bits per heavy atom. The van der Waals surface area contributed by atoms with E-state index in [1.807, 2.05) is 31.2 Å². The van der Waals surface area contributed by atoms with Crippen LogP contribution in [-0.2, 0) is 19.1 Å². The highest BCUT2D eigenvalue weighted by Gasteiger charge is 2.38. The van der Waals surface area contributed by atoms with Gasteiger partial charge in [0.2, 0.25) is 5.91 Å². The Kier molecular flexibility index (Phi) is 5.45. The van der Waals surface area contributed by atoms with Crippen LogP contribution in [0.3, 0.4) is 0 Å². The monoisotopic (exact) mass is 369 g/mol. The maximum atomic E-state index is 12.3. The molecule has 27 heavy (non-hydrogen) atoms. The first kappa shape index (κ1) is 18.9. The number of benzene rings is 1. The number of aryl methyl sites for hydroxylation is 1. The molecule has 142 valence electrons. The molecule has 0 radical (unpaired) electrons. The topological polar surface area (TPSA) is 99.5 Å². The SMILES string of the molecule is Cc1ccc(N2C[C@@H](C(=O)OCC(=O)NC3(C#N)CCCC3)CC2=O)cc1. The molecule has 0 spiro atoms. The Labute approximate surface area is 158 Å². The number of anilines is 1. The third-order valence-corrected chi connectivity index (χ3v) is 5.20.